The summed E-state index contributed by atoms with van der Waals surface area (Å²) in [5.41, 5.74) is 4.93. The molecule has 1 unspecified atom stereocenters. The fourth-order valence-corrected chi connectivity index (χ4v) is 1.23. The first kappa shape index (κ1) is 15.3. The van der Waals surface area contributed by atoms with Gasteiger partial charge < -0.3 is 20.1 Å². The molecule has 0 radical (unpaired) electrons. The van der Waals surface area contributed by atoms with Gasteiger partial charge in [-0.15, -0.1) is 0 Å². The zero-order chi connectivity index (χ0) is 12.6. The zero-order valence-corrected chi connectivity index (χ0v) is 10.8. The maximum Gasteiger partial charge on any atom is 0.325 e. The molecule has 0 aromatic rings. The quantitative estimate of drug-likeness (QED) is 0.479. The van der Waals surface area contributed by atoms with E-state index in [1.54, 1.807) is 6.92 Å². The molecule has 0 aromatic carbocycles. The highest BCUT2D eigenvalue weighted by Gasteiger charge is 2.29. The van der Waals surface area contributed by atoms with Crippen LogP contribution in [0.4, 0.5) is 0 Å². The molecular formula is C11H24N2O3. The summed E-state index contributed by atoms with van der Waals surface area (Å²) in [5, 5.41) is 0. The Labute approximate surface area is 97.9 Å². The third kappa shape index (κ3) is 6.05. The molecule has 0 aromatic heterocycles. The summed E-state index contributed by atoms with van der Waals surface area (Å²) in [6, 6.07) is 0. The van der Waals surface area contributed by atoms with Gasteiger partial charge in [0.15, 0.2) is 0 Å². The van der Waals surface area contributed by atoms with Crippen LogP contribution in [0.25, 0.3) is 0 Å². The smallest absolute Gasteiger partial charge is 0.325 e. The van der Waals surface area contributed by atoms with E-state index in [9.17, 15) is 4.79 Å². The molecule has 0 aliphatic rings. The summed E-state index contributed by atoms with van der Waals surface area (Å²) >= 11 is 0. The number of likely N-dealkylation sites (N-methyl/N-ethyl adjacent to an activating group) is 1. The van der Waals surface area contributed by atoms with E-state index in [0.29, 0.717) is 13.0 Å². The number of ether oxygens (including phenoxy) is 2. The maximum atomic E-state index is 11.3. The molecule has 16 heavy (non-hydrogen) atoms. The van der Waals surface area contributed by atoms with Gasteiger partial charge in [0, 0.05) is 19.7 Å². The highest BCUT2D eigenvalue weighted by atomic mass is 16.5. The number of rotatable bonds is 8. The van der Waals surface area contributed by atoms with Crippen molar-refractivity contribution in [2.24, 2.45) is 5.73 Å². The van der Waals surface area contributed by atoms with E-state index in [0.717, 1.165) is 19.7 Å². The molecule has 0 fully saturated rings. The van der Waals surface area contributed by atoms with Crippen LogP contribution < -0.4 is 5.73 Å². The molecule has 0 spiro atoms. The van der Waals surface area contributed by atoms with E-state index in [-0.39, 0.29) is 5.97 Å². The van der Waals surface area contributed by atoms with Gasteiger partial charge in [-0.05, 0) is 27.3 Å². The Hall–Kier alpha value is -0.650. The van der Waals surface area contributed by atoms with Crippen LogP contribution in [-0.2, 0) is 14.3 Å². The lowest BCUT2D eigenvalue weighted by molar-refractivity contribution is -0.146. The minimum atomic E-state index is -0.908. The van der Waals surface area contributed by atoms with Crippen LogP contribution >= 0.6 is 0 Å². The number of nitrogens with two attached hydrogens (primary N) is 1. The molecule has 5 heteroatoms. The van der Waals surface area contributed by atoms with Crippen LogP contribution in [0.15, 0.2) is 0 Å². The van der Waals surface area contributed by atoms with Gasteiger partial charge in [-0.25, -0.2) is 0 Å². The normalized spacial score (nSPS) is 14.9. The SMILES string of the molecule is CCOCCN(C)CCC(C)(N)C(=O)OC. The number of carbonyl (C=O) groups excluding carboxylic acids is 1. The Morgan fingerprint density at radius 1 is 1.44 bits per heavy atom. The van der Waals surface area contributed by atoms with Crippen LogP contribution in [0.1, 0.15) is 20.3 Å². The lowest BCUT2D eigenvalue weighted by Crippen LogP contribution is -2.48. The maximum absolute atomic E-state index is 11.3. The molecule has 0 rings (SSSR count). The second kappa shape index (κ2) is 7.60. The van der Waals surface area contributed by atoms with Crippen LogP contribution in [0.2, 0.25) is 0 Å². The number of nitrogens with zero attached hydrogens (tertiary/aromatic N) is 1. The Balaban J connectivity index is 3.81. The van der Waals surface area contributed by atoms with Crippen LogP contribution in [0.3, 0.4) is 0 Å². The van der Waals surface area contributed by atoms with Gasteiger partial charge in [-0.3, -0.25) is 4.79 Å². The highest BCUT2D eigenvalue weighted by Crippen LogP contribution is 2.08. The van der Waals surface area contributed by atoms with E-state index in [4.69, 9.17) is 10.5 Å². The standard InChI is InChI=1S/C11H24N2O3/c1-5-16-9-8-13(3)7-6-11(2,12)10(14)15-4/h5-9,12H2,1-4H3. The second-order valence-electron chi connectivity index (χ2n) is 4.16. The van der Waals surface area contributed by atoms with Crippen LogP contribution in [0, 0.1) is 0 Å². The van der Waals surface area contributed by atoms with Crippen molar-refractivity contribution in [3.63, 3.8) is 0 Å². The summed E-state index contributed by atoms with van der Waals surface area (Å²) in [4.78, 5) is 13.4. The summed E-state index contributed by atoms with van der Waals surface area (Å²) in [5.74, 6) is -0.370. The highest BCUT2D eigenvalue weighted by molar-refractivity contribution is 5.79. The van der Waals surface area contributed by atoms with Crippen molar-refractivity contribution < 1.29 is 14.3 Å². The van der Waals surface area contributed by atoms with Crippen molar-refractivity contribution in [3.05, 3.63) is 0 Å². The largest absolute Gasteiger partial charge is 0.468 e. The van der Waals surface area contributed by atoms with Gasteiger partial charge >= 0.3 is 5.97 Å². The van der Waals surface area contributed by atoms with Gasteiger partial charge in [0.1, 0.15) is 5.54 Å². The number of hydrogen-bond donors (Lipinski definition) is 1. The number of carbonyl (C=O) groups is 1. The second-order valence-corrected chi connectivity index (χ2v) is 4.16. The van der Waals surface area contributed by atoms with E-state index in [1.807, 2.05) is 14.0 Å². The Bertz CT molecular complexity index is 207. The first-order valence-electron chi connectivity index (χ1n) is 5.57. The van der Waals surface area contributed by atoms with Crippen molar-refractivity contribution >= 4 is 5.97 Å². The van der Waals surface area contributed by atoms with E-state index in [2.05, 4.69) is 9.64 Å². The van der Waals surface area contributed by atoms with Gasteiger partial charge in [0.25, 0.3) is 0 Å². The van der Waals surface area contributed by atoms with E-state index >= 15 is 0 Å². The molecule has 0 amide bonds. The average Bonchev–Trinajstić information content (AvgIpc) is 2.25. The molecule has 0 saturated heterocycles. The molecule has 96 valence electrons. The minimum Gasteiger partial charge on any atom is -0.468 e. The third-order valence-electron chi connectivity index (χ3n) is 2.49. The lowest BCUT2D eigenvalue weighted by atomic mass is 9.99. The molecule has 5 nitrogen and oxygen atoms in total. The molecule has 0 aliphatic heterocycles. The topological polar surface area (TPSA) is 64.8 Å². The lowest BCUT2D eigenvalue weighted by Gasteiger charge is -2.24. The Morgan fingerprint density at radius 3 is 2.56 bits per heavy atom. The molecule has 0 saturated carbocycles. The van der Waals surface area contributed by atoms with Gasteiger partial charge in [-0.1, -0.05) is 0 Å². The predicted molar refractivity (Wildman–Crippen MR) is 63.2 cm³/mol. The van der Waals surface area contributed by atoms with Crippen molar-refractivity contribution in [3.8, 4) is 0 Å². The van der Waals surface area contributed by atoms with Crippen LogP contribution in [-0.4, -0.2) is 56.9 Å². The third-order valence-corrected chi connectivity index (χ3v) is 2.49. The molecular weight excluding hydrogens is 208 g/mol. The summed E-state index contributed by atoms with van der Waals surface area (Å²) < 4.78 is 9.88. The first-order valence-corrected chi connectivity index (χ1v) is 5.57. The first-order chi connectivity index (χ1) is 7.44. The number of esters is 1. The Morgan fingerprint density at radius 2 is 2.06 bits per heavy atom. The summed E-state index contributed by atoms with van der Waals surface area (Å²) in [6.45, 7) is 6.67. The van der Waals surface area contributed by atoms with Crippen molar-refractivity contribution in [1.82, 2.24) is 4.90 Å². The molecule has 1 atom stereocenters. The van der Waals surface area contributed by atoms with Gasteiger partial charge in [-0.2, -0.15) is 0 Å². The Kier molecular flexibility index (Phi) is 7.29. The molecule has 0 aliphatic carbocycles. The predicted octanol–water partition coefficient (Wildman–Crippen LogP) is 0.235. The van der Waals surface area contributed by atoms with Crippen molar-refractivity contribution in [2.75, 3.05) is 40.5 Å². The van der Waals surface area contributed by atoms with Crippen molar-refractivity contribution in [1.29, 1.82) is 0 Å². The monoisotopic (exact) mass is 232 g/mol. The van der Waals surface area contributed by atoms with Gasteiger partial charge in [0.2, 0.25) is 0 Å². The summed E-state index contributed by atoms with van der Waals surface area (Å²) in [6.07, 6.45) is 0.572. The zero-order valence-electron chi connectivity index (χ0n) is 10.8. The van der Waals surface area contributed by atoms with Gasteiger partial charge in [0.05, 0.1) is 13.7 Å². The average molecular weight is 232 g/mol. The number of hydrogen-bond acceptors (Lipinski definition) is 5. The fraction of sp³-hybridized carbons (Fsp3) is 0.909. The fourth-order valence-electron chi connectivity index (χ4n) is 1.23. The number of methoxy groups -OCH3 is 1. The molecule has 2 N–H and O–H groups in total. The molecule has 0 heterocycles. The summed E-state index contributed by atoms with van der Waals surface area (Å²) in [7, 11) is 3.33. The van der Waals surface area contributed by atoms with Crippen molar-refractivity contribution in [2.45, 2.75) is 25.8 Å². The molecule has 0 bridgehead atoms. The van der Waals surface area contributed by atoms with Crippen LogP contribution in [0.5, 0.6) is 0 Å². The minimum absolute atomic E-state index is 0.370. The van der Waals surface area contributed by atoms with E-state index in [1.165, 1.54) is 7.11 Å². The van der Waals surface area contributed by atoms with E-state index < -0.39 is 5.54 Å².